The predicted molar refractivity (Wildman–Crippen MR) is 56.7 cm³/mol. The van der Waals surface area contributed by atoms with Gasteiger partial charge in [0.1, 0.15) is 0 Å². The first-order valence-electron chi connectivity index (χ1n) is 5.42. The van der Waals surface area contributed by atoms with Gasteiger partial charge in [0.05, 0.1) is 0 Å². The molecule has 1 aliphatic carbocycles. The number of allylic oxidation sites excluding steroid dienone is 1. The Bertz CT molecular complexity index is 250. The van der Waals surface area contributed by atoms with Gasteiger partial charge in [-0.1, -0.05) is 31.6 Å². The van der Waals surface area contributed by atoms with Gasteiger partial charge in [-0.2, -0.15) is 0 Å². The lowest BCUT2D eigenvalue weighted by Gasteiger charge is -2.33. The van der Waals surface area contributed by atoms with Crippen molar-refractivity contribution in [1.82, 2.24) is 4.90 Å². The molecule has 1 atom stereocenters. The van der Waals surface area contributed by atoms with Crippen molar-refractivity contribution in [3.8, 4) is 0 Å². The molecule has 1 unspecified atom stereocenters. The topological polar surface area (TPSA) is 3.24 Å². The summed E-state index contributed by atoms with van der Waals surface area (Å²) in [6.45, 7) is 8.27. The molecule has 0 aromatic carbocycles. The van der Waals surface area contributed by atoms with Crippen molar-refractivity contribution in [3.05, 3.63) is 23.3 Å². The van der Waals surface area contributed by atoms with Crippen LogP contribution in [0.4, 0.5) is 0 Å². The Morgan fingerprint density at radius 1 is 1.54 bits per heavy atom. The quantitative estimate of drug-likeness (QED) is 0.595. The van der Waals surface area contributed by atoms with Gasteiger partial charge in [0.2, 0.25) is 0 Å². The van der Waals surface area contributed by atoms with E-state index in [9.17, 15) is 0 Å². The summed E-state index contributed by atoms with van der Waals surface area (Å²) in [4.78, 5) is 2.53. The van der Waals surface area contributed by atoms with E-state index in [0.717, 1.165) is 5.92 Å². The fourth-order valence-corrected chi connectivity index (χ4v) is 2.41. The summed E-state index contributed by atoms with van der Waals surface area (Å²) >= 11 is 0. The minimum Gasteiger partial charge on any atom is -0.299 e. The highest BCUT2D eigenvalue weighted by Crippen LogP contribution is 2.30. The molecular formula is C12H19N. The van der Waals surface area contributed by atoms with E-state index < -0.39 is 0 Å². The lowest BCUT2D eigenvalue weighted by Crippen LogP contribution is -2.33. The van der Waals surface area contributed by atoms with Crippen molar-refractivity contribution >= 4 is 0 Å². The van der Waals surface area contributed by atoms with Crippen molar-refractivity contribution in [3.63, 3.8) is 0 Å². The Kier molecular flexibility index (Phi) is 2.54. The zero-order chi connectivity index (χ0) is 9.26. The molecule has 0 spiro atoms. The smallest absolute Gasteiger partial charge is 0.0233 e. The Morgan fingerprint density at radius 3 is 3.15 bits per heavy atom. The van der Waals surface area contributed by atoms with Crippen LogP contribution in [0.1, 0.15) is 26.7 Å². The monoisotopic (exact) mass is 177 g/mol. The third kappa shape index (κ3) is 1.71. The second kappa shape index (κ2) is 3.67. The molecule has 1 aliphatic heterocycles. The van der Waals surface area contributed by atoms with Gasteiger partial charge in [-0.3, -0.25) is 4.90 Å². The maximum Gasteiger partial charge on any atom is 0.0233 e. The van der Waals surface area contributed by atoms with E-state index in [1.165, 1.54) is 32.5 Å². The van der Waals surface area contributed by atoms with Crippen LogP contribution in [-0.2, 0) is 0 Å². The molecule has 0 radical (unpaired) electrons. The number of likely N-dealkylation sites (N-methyl/N-ethyl adjacent to an activating group) is 1. The second-order valence-electron chi connectivity index (χ2n) is 4.21. The molecule has 72 valence electrons. The van der Waals surface area contributed by atoms with Gasteiger partial charge < -0.3 is 0 Å². The first-order chi connectivity index (χ1) is 6.31. The summed E-state index contributed by atoms with van der Waals surface area (Å²) in [5.74, 6) is 0.805. The third-order valence-corrected chi connectivity index (χ3v) is 3.35. The van der Waals surface area contributed by atoms with E-state index in [0.29, 0.717) is 0 Å². The van der Waals surface area contributed by atoms with Crippen LogP contribution >= 0.6 is 0 Å². The Labute approximate surface area is 81.1 Å². The molecule has 0 N–H and O–H groups in total. The Hall–Kier alpha value is -0.560. The largest absolute Gasteiger partial charge is 0.299 e. The van der Waals surface area contributed by atoms with Crippen LogP contribution < -0.4 is 0 Å². The Morgan fingerprint density at radius 2 is 2.38 bits per heavy atom. The summed E-state index contributed by atoms with van der Waals surface area (Å²) in [6.07, 6.45) is 7.24. The third-order valence-electron chi connectivity index (χ3n) is 3.35. The van der Waals surface area contributed by atoms with Crippen LogP contribution in [0.5, 0.6) is 0 Å². The lowest BCUT2D eigenvalue weighted by atomic mass is 9.84. The van der Waals surface area contributed by atoms with Crippen LogP contribution in [0, 0.1) is 5.92 Å². The standard InChI is InChI=1S/C12H19N/c1-3-13-8-7-12-10(2)5-4-6-11(12)9-13/h4,6,10H,3,5,7-9H2,1-2H3. The number of hydrogen-bond donors (Lipinski definition) is 0. The molecule has 0 fully saturated rings. The number of nitrogens with zero attached hydrogens (tertiary/aromatic N) is 1. The molecule has 0 bridgehead atoms. The normalized spacial score (nSPS) is 29.2. The summed E-state index contributed by atoms with van der Waals surface area (Å²) in [7, 11) is 0. The molecule has 1 heteroatoms. The van der Waals surface area contributed by atoms with Crippen molar-refractivity contribution in [2.75, 3.05) is 19.6 Å². The molecule has 1 heterocycles. The minimum atomic E-state index is 0.805. The predicted octanol–water partition coefficient (Wildman–Crippen LogP) is 2.60. The number of hydrogen-bond acceptors (Lipinski definition) is 1. The van der Waals surface area contributed by atoms with Crippen LogP contribution in [0.25, 0.3) is 0 Å². The zero-order valence-electron chi connectivity index (χ0n) is 8.71. The average Bonchev–Trinajstić information content (AvgIpc) is 2.18. The van der Waals surface area contributed by atoms with Gasteiger partial charge >= 0.3 is 0 Å². The first kappa shape index (κ1) is 9.01. The molecule has 0 saturated heterocycles. The summed E-state index contributed by atoms with van der Waals surface area (Å²) in [5.41, 5.74) is 3.33. The van der Waals surface area contributed by atoms with Gasteiger partial charge in [0, 0.05) is 13.1 Å². The fraction of sp³-hybridized carbons (Fsp3) is 0.667. The lowest BCUT2D eigenvalue weighted by molar-refractivity contribution is 0.294. The van der Waals surface area contributed by atoms with Gasteiger partial charge in [-0.15, -0.1) is 0 Å². The Balaban J connectivity index is 2.17. The fourth-order valence-electron chi connectivity index (χ4n) is 2.41. The second-order valence-corrected chi connectivity index (χ2v) is 4.21. The molecule has 0 amide bonds. The van der Waals surface area contributed by atoms with E-state index >= 15 is 0 Å². The van der Waals surface area contributed by atoms with E-state index in [4.69, 9.17) is 0 Å². The molecule has 1 nitrogen and oxygen atoms in total. The zero-order valence-corrected chi connectivity index (χ0v) is 8.71. The summed E-state index contributed by atoms with van der Waals surface area (Å²) < 4.78 is 0. The molecule has 2 aliphatic rings. The van der Waals surface area contributed by atoms with Crippen molar-refractivity contribution < 1.29 is 0 Å². The van der Waals surface area contributed by atoms with Gasteiger partial charge in [0.25, 0.3) is 0 Å². The summed E-state index contributed by atoms with van der Waals surface area (Å²) in [6, 6.07) is 0. The van der Waals surface area contributed by atoms with Crippen LogP contribution in [0.2, 0.25) is 0 Å². The maximum atomic E-state index is 2.53. The highest BCUT2D eigenvalue weighted by atomic mass is 15.1. The number of rotatable bonds is 1. The summed E-state index contributed by atoms with van der Waals surface area (Å²) in [5, 5.41) is 0. The van der Waals surface area contributed by atoms with E-state index in [2.05, 4.69) is 30.9 Å². The minimum absolute atomic E-state index is 0.805. The van der Waals surface area contributed by atoms with E-state index in [-0.39, 0.29) is 0 Å². The SMILES string of the molecule is CCN1CCC2=C(C=CCC2C)C1. The highest BCUT2D eigenvalue weighted by molar-refractivity contribution is 5.34. The molecular weight excluding hydrogens is 158 g/mol. The van der Waals surface area contributed by atoms with Gasteiger partial charge in [0.15, 0.2) is 0 Å². The molecule has 0 aromatic heterocycles. The molecule has 2 rings (SSSR count). The van der Waals surface area contributed by atoms with Gasteiger partial charge in [-0.05, 0) is 30.9 Å². The van der Waals surface area contributed by atoms with Gasteiger partial charge in [-0.25, -0.2) is 0 Å². The highest BCUT2D eigenvalue weighted by Gasteiger charge is 2.21. The van der Waals surface area contributed by atoms with Crippen molar-refractivity contribution in [1.29, 1.82) is 0 Å². The van der Waals surface area contributed by atoms with Crippen molar-refractivity contribution in [2.45, 2.75) is 26.7 Å². The first-order valence-corrected chi connectivity index (χ1v) is 5.42. The van der Waals surface area contributed by atoms with E-state index in [1.807, 2.05) is 0 Å². The van der Waals surface area contributed by atoms with Crippen molar-refractivity contribution in [2.24, 2.45) is 5.92 Å². The molecule has 0 aromatic rings. The van der Waals surface area contributed by atoms with E-state index in [1.54, 1.807) is 11.1 Å². The van der Waals surface area contributed by atoms with Crippen LogP contribution in [0.3, 0.4) is 0 Å². The van der Waals surface area contributed by atoms with Crippen LogP contribution in [-0.4, -0.2) is 24.5 Å². The maximum absolute atomic E-state index is 2.53. The molecule has 13 heavy (non-hydrogen) atoms. The van der Waals surface area contributed by atoms with Crippen LogP contribution in [0.15, 0.2) is 23.3 Å². The molecule has 0 saturated carbocycles. The average molecular weight is 177 g/mol.